The molecule has 0 aromatic rings. The molecule has 1 aliphatic heterocycles. The Morgan fingerprint density at radius 2 is 1.50 bits per heavy atom. The molecule has 10 heteroatoms. The molecule has 0 bridgehead atoms. The SMILES string of the molecule is CC(C)C1O[C@@H](CN)[C@H](CN)O1.O=C([O-])C1(C(=O)[O-])CC(O)C1.[Pt+2]. The summed E-state index contributed by atoms with van der Waals surface area (Å²) in [6, 6.07) is 0. The van der Waals surface area contributed by atoms with Crippen LogP contribution in [0.15, 0.2) is 0 Å². The van der Waals surface area contributed by atoms with Crippen LogP contribution in [0.1, 0.15) is 26.7 Å². The van der Waals surface area contributed by atoms with Gasteiger partial charge in [-0.2, -0.15) is 0 Å². The molecule has 24 heavy (non-hydrogen) atoms. The van der Waals surface area contributed by atoms with Gasteiger partial charge in [0.05, 0.1) is 23.5 Å². The Morgan fingerprint density at radius 3 is 1.67 bits per heavy atom. The van der Waals surface area contributed by atoms with Crippen molar-refractivity contribution < 1.29 is 55.4 Å². The number of aliphatic hydroxyl groups excluding tert-OH is 1. The fourth-order valence-corrected chi connectivity index (χ4v) is 2.44. The van der Waals surface area contributed by atoms with Crippen molar-refractivity contribution in [2.45, 2.75) is 51.3 Å². The van der Waals surface area contributed by atoms with E-state index < -0.39 is 23.5 Å². The summed E-state index contributed by atoms with van der Waals surface area (Å²) in [5, 5.41) is 29.2. The van der Waals surface area contributed by atoms with E-state index in [0.29, 0.717) is 19.0 Å². The van der Waals surface area contributed by atoms with E-state index in [1.165, 1.54) is 0 Å². The van der Waals surface area contributed by atoms with Gasteiger partial charge in [-0.3, -0.25) is 0 Å². The molecule has 2 fully saturated rings. The van der Waals surface area contributed by atoms with Gasteiger partial charge >= 0.3 is 21.1 Å². The summed E-state index contributed by atoms with van der Waals surface area (Å²) >= 11 is 0. The van der Waals surface area contributed by atoms with E-state index in [4.69, 9.17) is 26.0 Å². The zero-order valence-corrected chi connectivity index (χ0v) is 15.9. The van der Waals surface area contributed by atoms with Crippen molar-refractivity contribution in [1.29, 1.82) is 0 Å². The standard InChI is InChI=1S/C8H18N2O2.C6H8O5.Pt/c1-5(2)8-11-6(3-9)7(4-10)12-8;7-3-1-6(2-3,4(8)9)5(10)11;/h5-8H,3-4,9-10H2,1-2H3;3,7H,1-2H2,(H,8,9)(H,10,11);/q;;+2/p-2/t6-,7-;;/m0../s1. The summed E-state index contributed by atoms with van der Waals surface area (Å²) in [4.78, 5) is 20.5. The minimum atomic E-state index is -1.95. The van der Waals surface area contributed by atoms with Crippen molar-refractivity contribution in [2.24, 2.45) is 22.8 Å². The first-order valence-electron chi connectivity index (χ1n) is 7.50. The second-order valence-electron chi connectivity index (χ2n) is 6.15. The van der Waals surface area contributed by atoms with Gasteiger partial charge in [-0.1, -0.05) is 13.8 Å². The zero-order chi connectivity index (χ0) is 17.8. The van der Waals surface area contributed by atoms with E-state index in [9.17, 15) is 19.8 Å². The molecule has 0 aromatic carbocycles. The quantitative estimate of drug-likeness (QED) is 0.304. The number of aliphatic hydroxyl groups is 1. The first kappa shape index (κ1) is 23.4. The largest absolute Gasteiger partial charge is 2.00 e. The number of carboxylic acid groups (broad SMARTS) is 2. The maximum Gasteiger partial charge on any atom is 2.00 e. The summed E-state index contributed by atoms with van der Waals surface area (Å²) < 4.78 is 11.1. The molecule has 1 saturated carbocycles. The van der Waals surface area contributed by atoms with Gasteiger partial charge in [0.15, 0.2) is 6.29 Å². The second kappa shape index (κ2) is 9.79. The van der Waals surface area contributed by atoms with Crippen molar-refractivity contribution in [3.8, 4) is 0 Å². The van der Waals surface area contributed by atoms with Gasteiger partial charge in [0.25, 0.3) is 0 Å². The van der Waals surface area contributed by atoms with E-state index in [1.807, 2.05) is 0 Å². The zero-order valence-electron chi connectivity index (χ0n) is 13.6. The number of carbonyl (C=O) groups is 2. The summed E-state index contributed by atoms with van der Waals surface area (Å²) in [6.45, 7) is 5.06. The van der Waals surface area contributed by atoms with Crippen molar-refractivity contribution >= 4 is 11.9 Å². The number of carbonyl (C=O) groups excluding carboxylic acids is 2. The molecule has 1 saturated heterocycles. The van der Waals surface area contributed by atoms with Crippen LogP contribution in [0.5, 0.6) is 0 Å². The number of carboxylic acids is 2. The average Bonchev–Trinajstić information content (AvgIpc) is 2.87. The molecule has 0 aromatic heterocycles. The molecular formula is C14H24N2O7Pt. The number of ether oxygens (including phenoxy) is 2. The molecule has 2 aliphatic rings. The van der Waals surface area contributed by atoms with Gasteiger partial charge in [-0.15, -0.1) is 0 Å². The Balaban J connectivity index is 0.000000425. The number of aliphatic carboxylic acids is 2. The van der Waals surface area contributed by atoms with Crippen LogP contribution in [-0.2, 0) is 40.1 Å². The molecule has 9 nitrogen and oxygen atoms in total. The molecule has 0 unspecified atom stereocenters. The third-order valence-corrected chi connectivity index (χ3v) is 3.99. The summed E-state index contributed by atoms with van der Waals surface area (Å²) in [5.41, 5.74) is 9.06. The maximum atomic E-state index is 10.2. The normalized spacial score (nSPS) is 26.1. The van der Waals surface area contributed by atoms with E-state index in [1.54, 1.807) is 0 Å². The van der Waals surface area contributed by atoms with Crippen molar-refractivity contribution in [3.63, 3.8) is 0 Å². The molecule has 1 heterocycles. The first-order valence-corrected chi connectivity index (χ1v) is 7.50. The van der Waals surface area contributed by atoms with Gasteiger partial charge < -0.3 is 45.8 Å². The van der Waals surface area contributed by atoms with Crippen LogP contribution in [0.4, 0.5) is 0 Å². The Labute approximate surface area is 154 Å². The molecule has 2 atom stereocenters. The van der Waals surface area contributed by atoms with Crippen LogP contribution in [0, 0.1) is 11.3 Å². The van der Waals surface area contributed by atoms with Gasteiger partial charge in [0, 0.05) is 19.0 Å². The number of rotatable bonds is 5. The Kier molecular flexibility index (Phi) is 9.56. The first-order chi connectivity index (χ1) is 10.7. The third kappa shape index (κ3) is 5.21. The van der Waals surface area contributed by atoms with E-state index >= 15 is 0 Å². The molecule has 5 N–H and O–H groups in total. The molecule has 2 rings (SSSR count). The Hall–Kier alpha value is -0.572. The van der Waals surface area contributed by atoms with Crippen LogP contribution < -0.4 is 21.7 Å². The van der Waals surface area contributed by atoms with Crippen LogP contribution in [0.3, 0.4) is 0 Å². The fraction of sp³-hybridized carbons (Fsp3) is 0.857. The fourth-order valence-electron chi connectivity index (χ4n) is 2.44. The molecule has 1 aliphatic carbocycles. The monoisotopic (exact) mass is 527 g/mol. The van der Waals surface area contributed by atoms with Crippen molar-refractivity contribution in [3.05, 3.63) is 0 Å². The minimum Gasteiger partial charge on any atom is -0.549 e. The maximum absolute atomic E-state index is 10.2. The number of hydrogen-bond donors (Lipinski definition) is 3. The summed E-state index contributed by atoms with van der Waals surface area (Å²) in [5.74, 6) is -3.00. The van der Waals surface area contributed by atoms with E-state index in [-0.39, 0.29) is 52.4 Å². The molecule has 0 radical (unpaired) electrons. The van der Waals surface area contributed by atoms with Gasteiger partial charge in [0.2, 0.25) is 0 Å². The third-order valence-electron chi connectivity index (χ3n) is 3.99. The molecule has 0 amide bonds. The predicted octanol–water partition coefficient (Wildman–Crippen LogP) is -3.71. The van der Waals surface area contributed by atoms with Gasteiger partial charge in [-0.05, 0) is 12.8 Å². The van der Waals surface area contributed by atoms with Crippen molar-refractivity contribution in [2.75, 3.05) is 13.1 Å². The summed E-state index contributed by atoms with van der Waals surface area (Å²) in [6.07, 6.45) is -1.65. The smallest absolute Gasteiger partial charge is 0.549 e. The van der Waals surface area contributed by atoms with Crippen LogP contribution >= 0.6 is 0 Å². The van der Waals surface area contributed by atoms with Crippen molar-refractivity contribution in [1.82, 2.24) is 0 Å². The number of hydrogen-bond acceptors (Lipinski definition) is 9. The van der Waals surface area contributed by atoms with Crippen LogP contribution in [0.2, 0.25) is 0 Å². The number of nitrogens with two attached hydrogens (primary N) is 2. The molecule has 0 spiro atoms. The van der Waals surface area contributed by atoms with Gasteiger partial charge in [0.1, 0.15) is 12.2 Å². The predicted molar refractivity (Wildman–Crippen MR) is 74.2 cm³/mol. The van der Waals surface area contributed by atoms with E-state index in [2.05, 4.69) is 13.8 Å². The van der Waals surface area contributed by atoms with Crippen LogP contribution in [-0.4, -0.2) is 54.7 Å². The van der Waals surface area contributed by atoms with Gasteiger partial charge in [-0.25, -0.2) is 0 Å². The average molecular weight is 527 g/mol. The second-order valence-corrected chi connectivity index (χ2v) is 6.15. The molecule has 142 valence electrons. The molecular weight excluding hydrogens is 503 g/mol. The van der Waals surface area contributed by atoms with E-state index in [0.717, 1.165) is 0 Å². The minimum absolute atomic E-state index is 0. The van der Waals surface area contributed by atoms with Crippen LogP contribution in [0.25, 0.3) is 0 Å². The topological polar surface area (TPSA) is 171 Å². The Morgan fingerprint density at radius 1 is 1.12 bits per heavy atom. The Bertz CT molecular complexity index is 401. The summed E-state index contributed by atoms with van der Waals surface area (Å²) in [7, 11) is 0.